The molecule has 1 aliphatic carbocycles. The van der Waals surface area contributed by atoms with E-state index in [1.165, 1.54) is 42.4 Å². The van der Waals surface area contributed by atoms with Crippen molar-refractivity contribution in [1.29, 1.82) is 0 Å². The van der Waals surface area contributed by atoms with Crippen molar-refractivity contribution in [2.24, 2.45) is 5.92 Å². The van der Waals surface area contributed by atoms with E-state index in [1.807, 2.05) is 7.05 Å². The van der Waals surface area contributed by atoms with Crippen molar-refractivity contribution >= 4 is 10.8 Å². The average Bonchev–Trinajstić information content (AvgIpc) is 2.88. The molecule has 2 nitrogen and oxygen atoms in total. The van der Waals surface area contributed by atoms with Crippen LogP contribution in [0, 0.1) is 19.8 Å². The largest absolute Gasteiger partial charge is 0.316 e. The first kappa shape index (κ1) is 15.7. The Morgan fingerprint density at radius 1 is 1.20 bits per heavy atom. The summed E-state index contributed by atoms with van der Waals surface area (Å²) in [5.74, 6) is 2.20. The normalized spacial score (nSPS) is 19.1. The molecule has 0 radical (unpaired) electrons. The van der Waals surface area contributed by atoms with Gasteiger partial charge in [0, 0.05) is 28.3 Å². The SMILES string of the molecule is CNC(CS(=O)Cc1cc(C)cc(C)c1)C1CCCC1. The number of rotatable bonds is 6. The zero-order valence-corrected chi connectivity index (χ0v) is 13.8. The minimum absolute atomic E-state index is 0.421. The van der Waals surface area contributed by atoms with Crippen LogP contribution in [-0.2, 0) is 16.6 Å². The second-order valence-corrected chi connectivity index (χ2v) is 7.69. The van der Waals surface area contributed by atoms with Gasteiger partial charge in [0.25, 0.3) is 0 Å². The highest BCUT2D eigenvalue weighted by Gasteiger charge is 2.25. The molecule has 0 aromatic heterocycles. The highest BCUT2D eigenvalue weighted by molar-refractivity contribution is 7.84. The number of benzene rings is 1. The Morgan fingerprint density at radius 2 is 1.80 bits per heavy atom. The molecule has 0 amide bonds. The van der Waals surface area contributed by atoms with Gasteiger partial charge in [-0.15, -0.1) is 0 Å². The Bertz CT molecular complexity index is 446. The number of aryl methyl sites for hydroxylation is 2. The summed E-state index contributed by atoms with van der Waals surface area (Å²) in [6, 6.07) is 6.91. The highest BCUT2D eigenvalue weighted by atomic mass is 32.2. The molecule has 0 aliphatic heterocycles. The van der Waals surface area contributed by atoms with E-state index in [0.29, 0.717) is 11.8 Å². The van der Waals surface area contributed by atoms with Crippen LogP contribution in [0.25, 0.3) is 0 Å². The van der Waals surface area contributed by atoms with Crippen molar-refractivity contribution in [3.8, 4) is 0 Å². The fourth-order valence-electron chi connectivity index (χ4n) is 3.41. The van der Waals surface area contributed by atoms with Crippen LogP contribution in [0.1, 0.15) is 42.4 Å². The molecular weight excluding hydrogens is 266 g/mol. The molecule has 2 unspecified atom stereocenters. The van der Waals surface area contributed by atoms with Crippen LogP contribution < -0.4 is 5.32 Å². The molecule has 0 saturated heterocycles. The Kier molecular flexibility index (Phi) is 5.79. The molecule has 0 spiro atoms. The summed E-state index contributed by atoms with van der Waals surface area (Å²) in [6.07, 6.45) is 5.28. The predicted molar refractivity (Wildman–Crippen MR) is 87.4 cm³/mol. The van der Waals surface area contributed by atoms with Crippen molar-refractivity contribution in [1.82, 2.24) is 5.32 Å². The predicted octanol–water partition coefficient (Wildman–Crippen LogP) is 3.33. The van der Waals surface area contributed by atoms with Gasteiger partial charge in [0.1, 0.15) is 0 Å². The Hall–Kier alpha value is -0.670. The number of hydrogen-bond acceptors (Lipinski definition) is 2. The lowest BCUT2D eigenvalue weighted by atomic mass is 10.0. The molecule has 1 aliphatic rings. The summed E-state index contributed by atoms with van der Waals surface area (Å²) in [5.41, 5.74) is 3.73. The van der Waals surface area contributed by atoms with Crippen molar-refractivity contribution in [2.75, 3.05) is 12.8 Å². The third-order valence-corrected chi connectivity index (χ3v) is 5.70. The van der Waals surface area contributed by atoms with Crippen LogP contribution in [0.5, 0.6) is 0 Å². The zero-order valence-electron chi connectivity index (χ0n) is 12.9. The van der Waals surface area contributed by atoms with Gasteiger partial charge in [-0.05, 0) is 45.2 Å². The minimum Gasteiger partial charge on any atom is -0.316 e. The molecule has 20 heavy (non-hydrogen) atoms. The lowest BCUT2D eigenvalue weighted by Gasteiger charge is -2.22. The van der Waals surface area contributed by atoms with Crippen LogP contribution >= 0.6 is 0 Å². The van der Waals surface area contributed by atoms with E-state index in [2.05, 4.69) is 37.4 Å². The van der Waals surface area contributed by atoms with Crippen LogP contribution in [0.4, 0.5) is 0 Å². The van der Waals surface area contributed by atoms with Gasteiger partial charge < -0.3 is 5.32 Å². The molecule has 0 heterocycles. The van der Waals surface area contributed by atoms with Crippen LogP contribution in [-0.4, -0.2) is 23.1 Å². The molecule has 0 bridgehead atoms. The lowest BCUT2D eigenvalue weighted by molar-refractivity contribution is 0.408. The van der Waals surface area contributed by atoms with Gasteiger partial charge in [0.2, 0.25) is 0 Å². The first-order valence-corrected chi connectivity index (χ1v) is 9.16. The van der Waals surface area contributed by atoms with Crippen LogP contribution in [0.3, 0.4) is 0 Å². The third-order valence-electron chi connectivity index (χ3n) is 4.31. The maximum absolute atomic E-state index is 12.4. The van der Waals surface area contributed by atoms with Crippen LogP contribution in [0.15, 0.2) is 18.2 Å². The first-order chi connectivity index (χ1) is 9.58. The van der Waals surface area contributed by atoms with Gasteiger partial charge in [-0.25, -0.2) is 0 Å². The Labute approximate surface area is 125 Å². The van der Waals surface area contributed by atoms with Crippen LogP contribution in [0.2, 0.25) is 0 Å². The van der Waals surface area contributed by atoms with Crippen molar-refractivity contribution in [3.05, 3.63) is 34.9 Å². The molecule has 1 fully saturated rings. The van der Waals surface area contributed by atoms with Gasteiger partial charge in [0.15, 0.2) is 0 Å². The van der Waals surface area contributed by atoms with Gasteiger partial charge >= 0.3 is 0 Å². The summed E-state index contributed by atoms with van der Waals surface area (Å²) < 4.78 is 12.4. The average molecular weight is 293 g/mol. The molecule has 112 valence electrons. The minimum atomic E-state index is -0.776. The van der Waals surface area contributed by atoms with Gasteiger partial charge in [-0.1, -0.05) is 42.2 Å². The fraction of sp³-hybridized carbons (Fsp3) is 0.647. The van der Waals surface area contributed by atoms with E-state index in [-0.39, 0.29) is 0 Å². The molecule has 2 atom stereocenters. The highest BCUT2D eigenvalue weighted by Crippen LogP contribution is 2.28. The van der Waals surface area contributed by atoms with Crippen molar-refractivity contribution < 1.29 is 4.21 Å². The Balaban J connectivity index is 1.93. The van der Waals surface area contributed by atoms with E-state index in [9.17, 15) is 4.21 Å². The fourth-order valence-corrected chi connectivity index (χ4v) is 4.91. The first-order valence-electron chi connectivity index (χ1n) is 7.68. The van der Waals surface area contributed by atoms with Gasteiger partial charge in [-0.2, -0.15) is 0 Å². The standard InChI is InChI=1S/C17H27NOS/c1-13-8-14(2)10-15(9-13)11-20(19)12-17(18-3)16-6-4-5-7-16/h8-10,16-18H,4-7,11-12H2,1-3H3. The molecular formula is C17H27NOS. The summed E-state index contributed by atoms with van der Waals surface area (Å²) >= 11 is 0. The van der Waals surface area contributed by atoms with Gasteiger partial charge in [0.05, 0.1) is 0 Å². The molecule has 3 heteroatoms. The molecule has 2 rings (SSSR count). The number of nitrogens with one attached hydrogen (secondary N) is 1. The second kappa shape index (κ2) is 7.37. The lowest BCUT2D eigenvalue weighted by Crippen LogP contribution is -2.37. The summed E-state index contributed by atoms with van der Waals surface area (Å²) in [7, 11) is 1.23. The Morgan fingerprint density at radius 3 is 2.35 bits per heavy atom. The molecule has 1 saturated carbocycles. The van der Waals surface area contributed by atoms with Gasteiger partial charge in [-0.3, -0.25) is 4.21 Å². The smallest absolute Gasteiger partial charge is 0.0486 e. The molecule has 1 aromatic carbocycles. The van der Waals surface area contributed by atoms with E-state index in [0.717, 1.165) is 11.7 Å². The summed E-state index contributed by atoms with van der Waals surface area (Å²) in [6.45, 7) is 4.21. The van der Waals surface area contributed by atoms with E-state index in [4.69, 9.17) is 0 Å². The second-order valence-electron chi connectivity index (χ2n) is 6.19. The summed E-state index contributed by atoms with van der Waals surface area (Å²) in [5, 5.41) is 3.39. The monoisotopic (exact) mass is 293 g/mol. The summed E-state index contributed by atoms with van der Waals surface area (Å²) in [4.78, 5) is 0. The van der Waals surface area contributed by atoms with E-state index < -0.39 is 10.8 Å². The molecule has 1 aromatic rings. The van der Waals surface area contributed by atoms with E-state index in [1.54, 1.807) is 0 Å². The van der Waals surface area contributed by atoms with E-state index >= 15 is 0 Å². The zero-order chi connectivity index (χ0) is 14.5. The topological polar surface area (TPSA) is 29.1 Å². The molecule has 1 N–H and O–H groups in total. The maximum atomic E-state index is 12.4. The number of hydrogen-bond donors (Lipinski definition) is 1. The maximum Gasteiger partial charge on any atom is 0.0486 e. The quantitative estimate of drug-likeness (QED) is 0.871. The van der Waals surface area contributed by atoms with Crippen molar-refractivity contribution in [3.63, 3.8) is 0 Å². The third kappa shape index (κ3) is 4.42. The van der Waals surface area contributed by atoms with Crippen molar-refractivity contribution in [2.45, 2.75) is 51.3 Å².